The molecule has 2 aromatic rings. The lowest BCUT2D eigenvalue weighted by atomic mass is 9.92. The van der Waals surface area contributed by atoms with E-state index in [1.54, 1.807) is 62.6 Å². The van der Waals surface area contributed by atoms with E-state index in [1.807, 2.05) is 6.92 Å². The molecule has 7 heteroatoms. The Labute approximate surface area is 157 Å². The Morgan fingerprint density at radius 2 is 1.70 bits per heavy atom. The van der Waals surface area contributed by atoms with Crippen molar-refractivity contribution in [2.75, 3.05) is 13.7 Å². The Balaban J connectivity index is 1.78. The minimum Gasteiger partial charge on any atom is -0.497 e. The molecule has 0 aliphatic carbocycles. The zero-order chi connectivity index (χ0) is 19.4. The van der Waals surface area contributed by atoms with Gasteiger partial charge in [-0.25, -0.2) is 4.79 Å². The normalized spacial score (nSPS) is 19.4. The van der Waals surface area contributed by atoms with Crippen LogP contribution in [0.4, 0.5) is 4.79 Å². The van der Waals surface area contributed by atoms with Gasteiger partial charge < -0.3 is 14.8 Å². The van der Waals surface area contributed by atoms with Crippen LogP contribution in [-0.2, 0) is 10.3 Å². The maximum absolute atomic E-state index is 12.8. The molecule has 0 spiro atoms. The van der Waals surface area contributed by atoms with Crippen LogP contribution < -0.4 is 14.8 Å². The van der Waals surface area contributed by atoms with Crippen LogP contribution >= 0.6 is 0 Å². The number of carbonyl (C=O) groups is 2. The fourth-order valence-corrected chi connectivity index (χ4v) is 2.79. The van der Waals surface area contributed by atoms with Crippen LogP contribution in [0.3, 0.4) is 0 Å². The number of ether oxygens (including phenoxy) is 2. The van der Waals surface area contributed by atoms with E-state index < -0.39 is 17.5 Å². The summed E-state index contributed by atoms with van der Waals surface area (Å²) in [4.78, 5) is 25.1. The smallest absolute Gasteiger partial charge is 0.346 e. The number of methoxy groups -OCH3 is 1. The number of hydrazone groups is 1. The van der Waals surface area contributed by atoms with E-state index in [4.69, 9.17) is 9.47 Å². The van der Waals surface area contributed by atoms with Crippen molar-refractivity contribution in [3.63, 3.8) is 0 Å². The molecule has 1 N–H and O–H groups in total. The van der Waals surface area contributed by atoms with Crippen LogP contribution in [0, 0.1) is 0 Å². The number of urea groups is 1. The summed E-state index contributed by atoms with van der Waals surface area (Å²) >= 11 is 0. The van der Waals surface area contributed by atoms with Gasteiger partial charge in [0.2, 0.25) is 0 Å². The number of nitrogens with zero attached hydrogens (tertiary/aromatic N) is 2. The maximum atomic E-state index is 12.8. The molecule has 3 rings (SSSR count). The summed E-state index contributed by atoms with van der Waals surface area (Å²) < 4.78 is 10.5. The van der Waals surface area contributed by atoms with Gasteiger partial charge in [-0.3, -0.25) is 4.79 Å². The van der Waals surface area contributed by atoms with Crippen molar-refractivity contribution >= 4 is 18.2 Å². The van der Waals surface area contributed by atoms with Crippen LogP contribution in [-0.4, -0.2) is 36.9 Å². The number of hydrogen-bond donors (Lipinski definition) is 1. The van der Waals surface area contributed by atoms with Gasteiger partial charge in [0.1, 0.15) is 17.0 Å². The lowest BCUT2D eigenvalue weighted by Crippen LogP contribution is -2.40. The zero-order valence-corrected chi connectivity index (χ0v) is 15.4. The molecule has 0 radical (unpaired) electrons. The second-order valence-electron chi connectivity index (χ2n) is 6.15. The van der Waals surface area contributed by atoms with E-state index in [1.165, 1.54) is 6.21 Å². The van der Waals surface area contributed by atoms with Crippen molar-refractivity contribution in [3.8, 4) is 11.5 Å². The first kappa shape index (κ1) is 18.4. The molecule has 1 aliphatic rings. The van der Waals surface area contributed by atoms with Gasteiger partial charge in [-0.2, -0.15) is 5.10 Å². The maximum Gasteiger partial charge on any atom is 0.346 e. The number of hydrogen-bond acceptors (Lipinski definition) is 5. The van der Waals surface area contributed by atoms with E-state index in [-0.39, 0.29) is 0 Å². The van der Waals surface area contributed by atoms with Gasteiger partial charge in [0.25, 0.3) is 5.91 Å². The van der Waals surface area contributed by atoms with E-state index in [0.717, 1.165) is 16.3 Å². The highest BCUT2D eigenvalue weighted by Gasteiger charge is 2.49. The molecule has 0 saturated carbocycles. The van der Waals surface area contributed by atoms with Crippen LogP contribution in [0.2, 0.25) is 0 Å². The number of imide groups is 1. The van der Waals surface area contributed by atoms with E-state index in [2.05, 4.69) is 10.4 Å². The molecular weight excluding hydrogens is 346 g/mol. The van der Waals surface area contributed by atoms with E-state index >= 15 is 0 Å². The quantitative estimate of drug-likeness (QED) is 0.629. The Morgan fingerprint density at radius 3 is 2.30 bits per heavy atom. The second-order valence-corrected chi connectivity index (χ2v) is 6.15. The molecule has 3 amide bonds. The summed E-state index contributed by atoms with van der Waals surface area (Å²) in [5, 5.41) is 7.62. The van der Waals surface area contributed by atoms with Crippen molar-refractivity contribution in [3.05, 3.63) is 59.7 Å². The van der Waals surface area contributed by atoms with Crippen molar-refractivity contribution in [2.24, 2.45) is 5.10 Å². The lowest BCUT2D eigenvalue weighted by molar-refractivity contribution is -0.131. The summed E-state index contributed by atoms with van der Waals surface area (Å²) in [7, 11) is 1.57. The number of amides is 3. The SMILES string of the molecule is CCOc1ccc(/C=N\N2C(=O)N[C@@](C)(c3ccc(OC)cc3)C2=O)cc1. The third-order valence-electron chi connectivity index (χ3n) is 4.35. The molecule has 1 heterocycles. The molecule has 1 saturated heterocycles. The first-order valence-electron chi connectivity index (χ1n) is 8.56. The largest absolute Gasteiger partial charge is 0.497 e. The average Bonchev–Trinajstić information content (AvgIpc) is 2.91. The molecule has 0 unspecified atom stereocenters. The average molecular weight is 367 g/mol. The number of rotatable bonds is 6. The summed E-state index contributed by atoms with van der Waals surface area (Å²) in [5.74, 6) is 0.973. The predicted octanol–water partition coefficient (Wildman–Crippen LogP) is 2.90. The van der Waals surface area contributed by atoms with Crippen LogP contribution in [0.15, 0.2) is 53.6 Å². The van der Waals surface area contributed by atoms with Gasteiger partial charge in [-0.05, 0) is 61.4 Å². The highest BCUT2D eigenvalue weighted by molar-refractivity contribution is 6.07. The number of benzene rings is 2. The predicted molar refractivity (Wildman–Crippen MR) is 101 cm³/mol. The highest BCUT2D eigenvalue weighted by atomic mass is 16.5. The first-order valence-corrected chi connectivity index (χ1v) is 8.56. The molecule has 140 valence electrons. The molecular formula is C20H21N3O4. The van der Waals surface area contributed by atoms with Crippen molar-refractivity contribution < 1.29 is 19.1 Å². The number of nitrogens with one attached hydrogen (secondary N) is 1. The summed E-state index contributed by atoms with van der Waals surface area (Å²) in [5.41, 5.74) is 0.219. The Hall–Kier alpha value is -3.35. The van der Waals surface area contributed by atoms with Crippen LogP contribution in [0.5, 0.6) is 11.5 Å². The third kappa shape index (κ3) is 3.62. The Kier molecular flexibility index (Phi) is 5.12. The van der Waals surface area contributed by atoms with Gasteiger partial charge in [0, 0.05) is 0 Å². The lowest BCUT2D eigenvalue weighted by Gasteiger charge is -2.21. The second kappa shape index (κ2) is 7.49. The molecule has 1 aliphatic heterocycles. The van der Waals surface area contributed by atoms with E-state index in [9.17, 15) is 9.59 Å². The molecule has 27 heavy (non-hydrogen) atoms. The molecule has 0 aromatic heterocycles. The molecule has 7 nitrogen and oxygen atoms in total. The minimum atomic E-state index is -1.18. The molecule has 1 fully saturated rings. The topological polar surface area (TPSA) is 80.2 Å². The summed E-state index contributed by atoms with van der Waals surface area (Å²) in [6.07, 6.45) is 1.47. The zero-order valence-electron chi connectivity index (χ0n) is 15.4. The van der Waals surface area contributed by atoms with Crippen molar-refractivity contribution in [1.29, 1.82) is 0 Å². The van der Waals surface area contributed by atoms with Crippen LogP contribution in [0.25, 0.3) is 0 Å². The summed E-state index contributed by atoms with van der Waals surface area (Å²) in [6.45, 7) is 4.15. The van der Waals surface area contributed by atoms with Crippen molar-refractivity contribution in [1.82, 2.24) is 10.3 Å². The summed E-state index contributed by atoms with van der Waals surface area (Å²) in [6, 6.07) is 13.6. The fraction of sp³-hybridized carbons (Fsp3) is 0.250. The van der Waals surface area contributed by atoms with Crippen LogP contribution in [0.1, 0.15) is 25.0 Å². The minimum absolute atomic E-state index is 0.445. The Morgan fingerprint density at radius 1 is 1.07 bits per heavy atom. The van der Waals surface area contributed by atoms with Crippen molar-refractivity contribution in [2.45, 2.75) is 19.4 Å². The molecule has 2 aromatic carbocycles. The third-order valence-corrected chi connectivity index (χ3v) is 4.35. The van der Waals surface area contributed by atoms with Gasteiger partial charge in [0.05, 0.1) is 19.9 Å². The van der Waals surface area contributed by atoms with E-state index in [0.29, 0.717) is 17.9 Å². The molecule has 1 atom stereocenters. The Bertz CT molecular complexity index is 862. The standard InChI is InChI=1S/C20H21N3O4/c1-4-27-17-9-5-14(6-10-17)13-21-23-18(24)20(2,22-19(23)25)15-7-11-16(26-3)12-8-15/h5-13H,4H2,1-3H3,(H,22,25)/b21-13-/t20-/m0/s1. The fourth-order valence-electron chi connectivity index (χ4n) is 2.79. The highest BCUT2D eigenvalue weighted by Crippen LogP contribution is 2.30. The van der Waals surface area contributed by atoms with Gasteiger partial charge >= 0.3 is 6.03 Å². The van der Waals surface area contributed by atoms with Gasteiger partial charge in [0.15, 0.2) is 0 Å². The first-order chi connectivity index (χ1) is 13.0. The van der Waals surface area contributed by atoms with Gasteiger partial charge in [-0.15, -0.1) is 5.01 Å². The molecule has 0 bridgehead atoms. The number of carbonyl (C=O) groups excluding carboxylic acids is 2. The van der Waals surface area contributed by atoms with Gasteiger partial charge in [-0.1, -0.05) is 12.1 Å². The monoisotopic (exact) mass is 367 g/mol.